The lowest BCUT2D eigenvalue weighted by atomic mass is 9.95. The molecule has 0 spiro atoms. The van der Waals surface area contributed by atoms with E-state index in [0.29, 0.717) is 11.5 Å². The van der Waals surface area contributed by atoms with E-state index in [4.69, 9.17) is 0 Å². The van der Waals surface area contributed by atoms with Crippen LogP contribution in [0.1, 0.15) is 53.8 Å². The Morgan fingerprint density at radius 1 is 1.25 bits per heavy atom. The molecule has 0 saturated carbocycles. The van der Waals surface area contributed by atoms with Gasteiger partial charge in [-0.25, -0.2) is 4.98 Å². The molecule has 7 nitrogen and oxygen atoms in total. The second-order valence-corrected chi connectivity index (χ2v) is 8.06. The molecule has 1 heterocycles. The standard InChI is InChI=1S/C21H27N3O4/c1-12-7-6-8-14(9-12)10-15(19(27)28)11-22-17(25)16-13(2)23-20(21(3,4)5)24-18(16)26/h6-9,15H,10-11H2,1-5H3,(H,22,25)(H,27,28)(H,23,24,26). The molecule has 1 amide bonds. The average molecular weight is 385 g/mol. The molecule has 0 aliphatic carbocycles. The lowest BCUT2D eigenvalue weighted by Crippen LogP contribution is -2.38. The lowest BCUT2D eigenvalue weighted by Gasteiger charge is -2.18. The molecule has 0 aliphatic rings. The molecule has 28 heavy (non-hydrogen) atoms. The van der Waals surface area contributed by atoms with Crippen LogP contribution in [-0.4, -0.2) is 33.5 Å². The minimum atomic E-state index is -1.01. The third-order valence-corrected chi connectivity index (χ3v) is 4.46. The van der Waals surface area contributed by atoms with Crippen molar-refractivity contribution in [2.45, 2.75) is 46.5 Å². The fourth-order valence-electron chi connectivity index (χ4n) is 2.88. The summed E-state index contributed by atoms with van der Waals surface area (Å²) in [7, 11) is 0. The molecular formula is C21H27N3O4. The van der Waals surface area contributed by atoms with Gasteiger partial charge in [-0.1, -0.05) is 50.6 Å². The number of rotatable bonds is 6. The van der Waals surface area contributed by atoms with Gasteiger partial charge in [0.25, 0.3) is 11.5 Å². The summed E-state index contributed by atoms with van der Waals surface area (Å²) in [6.45, 7) is 9.18. The smallest absolute Gasteiger partial charge is 0.308 e. The second-order valence-electron chi connectivity index (χ2n) is 8.06. The number of aryl methyl sites for hydroxylation is 2. The van der Waals surface area contributed by atoms with Crippen molar-refractivity contribution in [2.75, 3.05) is 6.54 Å². The SMILES string of the molecule is Cc1cccc(CC(CNC(=O)c2c(C)nc(C(C)(C)C)[nH]c2=O)C(=O)O)c1. The topological polar surface area (TPSA) is 112 Å². The van der Waals surface area contributed by atoms with E-state index in [2.05, 4.69) is 15.3 Å². The van der Waals surface area contributed by atoms with E-state index in [1.54, 1.807) is 6.92 Å². The number of carbonyl (C=O) groups is 2. The van der Waals surface area contributed by atoms with E-state index < -0.39 is 23.4 Å². The Morgan fingerprint density at radius 2 is 1.93 bits per heavy atom. The van der Waals surface area contributed by atoms with Crippen molar-refractivity contribution in [3.05, 3.63) is 62.8 Å². The number of aromatic amines is 1. The number of carboxylic acids is 1. The summed E-state index contributed by atoms with van der Waals surface area (Å²) in [6, 6.07) is 7.58. The molecule has 1 unspecified atom stereocenters. The number of hydrogen-bond donors (Lipinski definition) is 3. The van der Waals surface area contributed by atoms with Crippen molar-refractivity contribution >= 4 is 11.9 Å². The van der Waals surface area contributed by atoms with Crippen LogP contribution >= 0.6 is 0 Å². The minimum Gasteiger partial charge on any atom is -0.481 e. The molecule has 2 rings (SSSR count). The number of nitrogens with one attached hydrogen (secondary N) is 2. The van der Waals surface area contributed by atoms with Gasteiger partial charge in [0.2, 0.25) is 0 Å². The van der Waals surface area contributed by atoms with E-state index in [9.17, 15) is 19.5 Å². The second kappa shape index (κ2) is 8.37. The fraction of sp³-hybridized carbons (Fsp3) is 0.429. The number of aromatic nitrogens is 2. The Labute approximate surface area is 164 Å². The molecule has 0 bridgehead atoms. The molecule has 1 aromatic carbocycles. The Balaban J connectivity index is 2.15. The Kier molecular flexibility index (Phi) is 6.38. The highest BCUT2D eigenvalue weighted by Gasteiger charge is 2.24. The maximum absolute atomic E-state index is 12.5. The van der Waals surface area contributed by atoms with Gasteiger partial charge in [0.15, 0.2) is 0 Å². The monoisotopic (exact) mass is 385 g/mol. The van der Waals surface area contributed by atoms with Crippen LogP contribution in [-0.2, 0) is 16.6 Å². The molecule has 1 aromatic heterocycles. The van der Waals surface area contributed by atoms with Crippen molar-refractivity contribution < 1.29 is 14.7 Å². The van der Waals surface area contributed by atoms with Crippen molar-refractivity contribution in [2.24, 2.45) is 5.92 Å². The Bertz CT molecular complexity index is 941. The van der Waals surface area contributed by atoms with Gasteiger partial charge in [-0.05, 0) is 25.8 Å². The van der Waals surface area contributed by atoms with E-state index >= 15 is 0 Å². The third-order valence-electron chi connectivity index (χ3n) is 4.46. The summed E-state index contributed by atoms with van der Waals surface area (Å²) < 4.78 is 0. The minimum absolute atomic E-state index is 0.0813. The Hall–Kier alpha value is -2.96. The maximum Gasteiger partial charge on any atom is 0.308 e. The van der Waals surface area contributed by atoms with Crippen molar-refractivity contribution in [3.8, 4) is 0 Å². The lowest BCUT2D eigenvalue weighted by molar-refractivity contribution is -0.141. The van der Waals surface area contributed by atoms with Crippen LogP contribution in [0.15, 0.2) is 29.1 Å². The van der Waals surface area contributed by atoms with E-state index in [-0.39, 0.29) is 23.9 Å². The summed E-state index contributed by atoms with van der Waals surface area (Å²) >= 11 is 0. The van der Waals surface area contributed by atoms with Crippen LogP contribution in [0.5, 0.6) is 0 Å². The molecule has 0 aliphatic heterocycles. The normalized spacial score (nSPS) is 12.5. The van der Waals surface area contributed by atoms with Crippen LogP contribution < -0.4 is 10.9 Å². The number of carboxylic acid groups (broad SMARTS) is 1. The molecule has 3 N–H and O–H groups in total. The molecule has 0 fully saturated rings. The molecule has 2 aromatic rings. The number of H-pyrrole nitrogens is 1. The predicted molar refractivity (Wildman–Crippen MR) is 107 cm³/mol. The molecule has 150 valence electrons. The van der Waals surface area contributed by atoms with Crippen molar-refractivity contribution in [1.82, 2.24) is 15.3 Å². The van der Waals surface area contributed by atoms with E-state index in [1.807, 2.05) is 52.0 Å². The van der Waals surface area contributed by atoms with Crippen LogP contribution in [0.3, 0.4) is 0 Å². The largest absolute Gasteiger partial charge is 0.481 e. The first-order valence-corrected chi connectivity index (χ1v) is 9.17. The molecule has 0 radical (unpaired) electrons. The first kappa shape index (κ1) is 21.3. The zero-order valence-corrected chi connectivity index (χ0v) is 16.9. The zero-order valence-electron chi connectivity index (χ0n) is 16.9. The summed E-state index contributed by atoms with van der Waals surface area (Å²) in [5.74, 6) is -1.93. The molecule has 0 saturated heterocycles. The summed E-state index contributed by atoms with van der Waals surface area (Å²) in [5.41, 5.74) is 1.26. The molecular weight excluding hydrogens is 358 g/mol. The van der Waals surface area contributed by atoms with Crippen LogP contribution in [0.25, 0.3) is 0 Å². The van der Waals surface area contributed by atoms with Gasteiger partial charge >= 0.3 is 5.97 Å². The summed E-state index contributed by atoms with van der Waals surface area (Å²) in [4.78, 5) is 43.5. The maximum atomic E-state index is 12.5. The van der Waals surface area contributed by atoms with E-state index in [0.717, 1.165) is 11.1 Å². The number of benzene rings is 1. The first-order chi connectivity index (χ1) is 13.0. The number of nitrogens with zero attached hydrogens (tertiary/aromatic N) is 1. The molecule has 7 heteroatoms. The Morgan fingerprint density at radius 3 is 2.46 bits per heavy atom. The van der Waals surface area contributed by atoms with E-state index in [1.165, 1.54) is 0 Å². The number of amides is 1. The van der Waals surface area contributed by atoms with Gasteiger partial charge < -0.3 is 15.4 Å². The highest BCUT2D eigenvalue weighted by Crippen LogP contribution is 2.17. The van der Waals surface area contributed by atoms with Crippen LogP contribution in [0.4, 0.5) is 0 Å². The first-order valence-electron chi connectivity index (χ1n) is 9.17. The predicted octanol–water partition coefficient (Wildman–Crippen LogP) is 2.36. The average Bonchev–Trinajstić information content (AvgIpc) is 2.56. The van der Waals surface area contributed by atoms with Gasteiger partial charge in [-0.2, -0.15) is 0 Å². The summed E-state index contributed by atoms with van der Waals surface area (Å²) in [6.07, 6.45) is 0.286. The highest BCUT2D eigenvalue weighted by molar-refractivity contribution is 5.95. The highest BCUT2D eigenvalue weighted by atomic mass is 16.4. The van der Waals surface area contributed by atoms with Crippen LogP contribution in [0.2, 0.25) is 0 Å². The van der Waals surface area contributed by atoms with Gasteiger partial charge in [0.1, 0.15) is 11.4 Å². The quantitative estimate of drug-likeness (QED) is 0.707. The number of carbonyl (C=O) groups excluding carboxylic acids is 1. The number of aliphatic carboxylic acids is 1. The van der Waals surface area contributed by atoms with Crippen LogP contribution in [0, 0.1) is 19.8 Å². The van der Waals surface area contributed by atoms with Gasteiger partial charge in [-0.15, -0.1) is 0 Å². The van der Waals surface area contributed by atoms with Gasteiger partial charge in [0, 0.05) is 12.0 Å². The van der Waals surface area contributed by atoms with Crippen molar-refractivity contribution in [1.29, 1.82) is 0 Å². The summed E-state index contributed by atoms with van der Waals surface area (Å²) in [5, 5.41) is 12.1. The molecule has 1 atom stereocenters. The fourth-order valence-corrected chi connectivity index (χ4v) is 2.88. The van der Waals surface area contributed by atoms with Gasteiger partial charge in [0.05, 0.1) is 11.6 Å². The van der Waals surface area contributed by atoms with Crippen molar-refractivity contribution in [3.63, 3.8) is 0 Å². The third kappa shape index (κ3) is 5.28. The zero-order chi connectivity index (χ0) is 21.1. The number of hydrogen-bond acceptors (Lipinski definition) is 4. The van der Waals surface area contributed by atoms with Gasteiger partial charge in [-0.3, -0.25) is 14.4 Å².